The summed E-state index contributed by atoms with van der Waals surface area (Å²) < 4.78 is 4.42. The Balaban J connectivity index is 2.13. The minimum atomic E-state index is 0.379. The Morgan fingerprint density at radius 1 is 1.38 bits per heavy atom. The second-order valence-corrected chi connectivity index (χ2v) is 7.24. The predicted octanol–water partition coefficient (Wildman–Crippen LogP) is 4.46. The highest BCUT2D eigenvalue weighted by Crippen LogP contribution is 2.27. The van der Waals surface area contributed by atoms with Crippen LogP contribution >= 0.6 is 38.5 Å². The van der Waals surface area contributed by atoms with E-state index in [9.17, 15) is 0 Å². The largest absolute Gasteiger partial charge is 0.310 e. The highest BCUT2D eigenvalue weighted by Gasteiger charge is 2.15. The van der Waals surface area contributed by atoms with Crippen LogP contribution in [0.25, 0.3) is 0 Å². The molecule has 114 valence electrons. The van der Waals surface area contributed by atoms with Crippen molar-refractivity contribution in [3.63, 3.8) is 0 Å². The van der Waals surface area contributed by atoms with Gasteiger partial charge in [-0.05, 0) is 78.2 Å². The zero-order valence-electron chi connectivity index (χ0n) is 12.4. The molecule has 3 nitrogen and oxygen atoms in total. The fourth-order valence-electron chi connectivity index (χ4n) is 2.41. The lowest BCUT2D eigenvalue weighted by atomic mass is 10.0. The molecule has 0 radical (unpaired) electrons. The van der Waals surface area contributed by atoms with E-state index >= 15 is 0 Å². The predicted molar refractivity (Wildman–Crippen MR) is 99.4 cm³/mol. The highest BCUT2D eigenvalue weighted by atomic mass is 127. The molecule has 1 N–H and O–H groups in total. The molecule has 0 saturated carbocycles. The zero-order valence-corrected chi connectivity index (χ0v) is 16.2. The zero-order chi connectivity index (χ0) is 15.2. The summed E-state index contributed by atoms with van der Waals surface area (Å²) in [6.07, 6.45) is 5.12. The van der Waals surface area contributed by atoms with Gasteiger partial charge in [-0.2, -0.15) is 5.10 Å². The van der Waals surface area contributed by atoms with Gasteiger partial charge in [0.2, 0.25) is 0 Å². The summed E-state index contributed by atoms with van der Waals surface area (Å²) in [6, 6.07) is 8.99. The SMILES string of the molecule is CCCNC(CCc1ccnn1C)c1cc(Br)ccc1I. The quantitative estimate of drug-likeness (QED) is 0.617. The Labute approximate surface area is 148 Å². The lowest BCUT2D eigenvalue weighted by Gasteiger charge is -2.21. The summed E-state index contributed by atoms with van der Waals surface area (Å²) in [6.45, 7) is 3.25. The Bertz CT molecular complexity index is 583. The number of aromatic nitrogens is 2. The van der Waals surface area contributed by atoms with E-state index in [0.29, 0.717) is 6.04 Å². The van der Waals surface area contributed by atoms with Gasteiger partial charge in [-0.1, -0.05) is 22.9 Å². The van der Waals surface area contributed by atoms with Crippen molar-refractivity contribution in [3.05, 3.63) is 49.8 Å². The van der Waals surface area contributed by atoms with E-state index in [1.807, 2.05) is 17.9 Å². The number of benzene rings is 1. The van der Waals surface area contributed by atoms with Crippen molar-refractivity contribution in [1.82, 2.24) is 15.1 Å². The average Bonchev–Trinajstić information content (AvgIpc) is 2.87. The van der Waals surface area contributed by atoms with Crippen LogP contribution in [0, 0.1) is 3.57 Å². The standard InChI is InChI=1S/C16H21BrIN3/c1-3-9-19-16(7-5-13-8-10-20-21(13)2)14-11-12(17)4-6-15(14)18/h4,6,8,10-11,16,19H,3,5,7,9H2,1-2H3. The lowest BCUT2D eigenvalue weighted by molar-refractivity contribution is 0.490. The fourth-order valence-corrected chi connectivity index (χ4v) is 3.50. The minimum absolute atomic E-state index is 0.379. The number of aryl methyl sites for hydroxylation is 2. The van der Waals surface area contributed by atoms with Gasteiger partial charge in [-0.3, -0.25) is 4.68 Å². The van der Waals surface area contributed by atoms with E-state index in [1.54, 1.807) is 0 Å². The van der Waals surface area contributed by atoms with E-state index in [1.165, 1.54) is 14.8 Å². The van der Waals surface area contributed by atoms with Crippen molar-refractivity contribution in [1.29, 1.82) is 0 Å². The molecule has 1 unspecified atom stereocenters. The summed E-state index contributed by atoms with van der Waals surface area (Å²) in [5.41, 5.74) is 2.66. The van der Waals surface area contributed by atoms with Crippen LogP contribution in [0.3, 0.4) is 0 Å². The molecular weight excluding hydrogens is 441 g/mol. The molecule has 2 aromatic rings. The van der Waals surface area contributed by atoms with Crippen molar-refractivity contribution >= 4 is 38.5 Å². The number of halogens is 2. The summed E-state index contributed by atoms with van der Waals surface area (Å²) >= 11 is 6.01. The van der Waals surface area contributed by atoms with Gasteiger partial charge >= 0.3 is 0 Å². The van der Waals surface area contributed by atoms with Crippen LogP contribution in [0.4, 0.5) is 0 Å². The number of nitrogens with one attached hydrogen (secondary N) is 1. The molecule has 0 aliphatic carbocycles. The second-order valence-electron chi connectivity index (χ2n) is 5.16. The van der Waals surface area contributed by atoms with Crippen molar-refractivity contribution in [3.8, 4) is 0 Å². The smallest absolute Gasteiger partial charge is 0.0492 e. The summed E-state index contributed by atoms with van der Waals surface area (Å²) in [4.78, 5) is 0. The van der Waals surface area contributed by atoms with Crippen LogP contribution in [0.15, 0.2) is 34.9 Å². The van der Waals surface area contributed by atoms with Crippen LogP contribution in [0.5, 0.6) is 0 Å². The molecule has 1 aromatic carbocycles. The Morgan fingerprint density at radius 3 is 2.86 bits per heavy atom. The summed E-state index contributed by atoms with van der Waals surface area (Å²) in [7, 11) is 2.01. The molecule has 0 bridgehead atoms. The van der Waals surface area contributed by atoms with Gasteiger partial charge < -0.3 is 5.32 Å². The van der Waals surface area contributed by atoms with E-state index in [4.69, 9.17) is 0 Å². The molecule has 0 aliphatic rings. The normalized spacial score (nSPS) is 12.6. The summed E-state index contributed by atoms with van der Waals surface area (Å²) in [5.74, 6) is 0. The average molecular weight is 462 g/mol. The van der Waals surface area contributed by atoms with Gasteiger partial charge in [0, 0.05) is 33.0 Å². The molecule has 1 atom stereocenters. The first-order chi connectivity index (χ1) is 10.1. The van der Waals surface area contributed by atoms with Gasteiger partial charge in [0.05, 0.1) is 0 Å². The van der Waals surface area contributed by atoms with Crippen LogP contribution in [0.2, 0.25) is 0 Å². The third-order valence-electron chi connectivity index (χ3n) is 3.59. The second kappa shape index (κ2) is 8.29. The van der Waals surface area contributed by atoms with Gasteiger partial charge in [0.1, 0.15) is 0 Å². The number of hydrogen-bond donors (Lipinski definition) is 1. The molecule has 0 amide bonds. The number of rotatable bonds is 7. The Hall–Kier alpha value is -0.400. The molecular formula is C16H21BrIN3. The third kappa shape index (κ3) is 4.79. The number of nitrogens with zero attached hydrogens (tertiary/aromatic N) is 2. The maximum atomic E-state index is 4.25. The van der Waals surface area contributed by atoms with Crippen LogP contribution in [0.1, 0.15) is 37.1 Å². The first-order valence-electron chi connectivity index (χ1n) is 7.27. The van der Waals surface area contributed by atoms with Gasteiger partial charge in [0.15, 0.2) is 0 Å². The van der Waals surface area contributed by atoms with Crippen LogP contribution in [-0.4, -0.2) is 16.3 Å². The highest BCUT2D eigenvalue weighted by molar-refractivity contribution is 14.1. The minimum Gasteiger partial charge on any atom is -0.310 e. The summed E-state index contributed by atoms with van der Waals surface area (Å²) in [5, 5.41) is 7.93. The van der Waals surface area contributed by atoms with Gasteiger partial charge in [-0.25, -0.2) is 0 Å². The van der Waals surface area contributed by atoms with E-state index < -0.39 is 0 Å². The van der Waals surface area contributed by atoms with E-state index in [0.717, 1.165) is 30.3 Å². The van der Waals surface area contributed by atoms with Crippen molar-refractivity contribution in [2.24, 2.45) is 7.05 Å². The maximum Gasteiger partial charge on any atom is 0.0492 e. The maximum absolute atomic E-state index is 4.25. The molecule has 0 fully saturated rings. The molecule has 1 heterocycles. The molecule has 0 saturated heterocycles. The fraction of sp³-hybridized carbons (Fsp3) is 0.438. The van der Waals surface area contributed by atoms with E-state index in [2.05, 4.69) is 80.1 Å². The molecule has 0 spiro atoms. The Kier molecular flexibility index (Phi) is 6.70. The topological polar surface area (TPSA) is 29.9 Å². The van der Waals surface area contributed by atoms with Crippen LogP contribution < -0.4 is 5.32 Å². The van der Waals surface area contributed by atoms with E-state index in [-0.39, 0.29) is 0 Å². The van der Waals surface area contributed by atoms with Crippen molar-refractivity contribution in [2.45, 2.75) is 32.2 Å². The molecule has 1 aromatic heterocycles. The molecule has 2 rings (SSSR count). The monoisotopic (exact) mass is 461 g/mol. The first kappa shape index (κ1) is 17.0. The number of hydrogen-bond acceptors (Lipinski definition) is 2. The van der Waals surface area contributed by atoms with Crippen molar-refractivity contribution in [2.75, 3.05) is 6.54 Å². The van der Waals surface area contributed by atoms with Crippen molar-refractivity contribution < 1.29 is 0 Å². The molecule has 21 heavy (non-hydrogen) atoms. The first-order valence-corrected chi connectivity index (χ1v) is 9.14. The molecule has 0 aliphatic heterocycles. The van der Waals surface area contributed by atoms with Gasteiger partial charge in [0.25, 0.3) is 0 Å². The third-order valence-corrected chi connectivity index (χ3v) is 5.06. The Morgan fingerprint density at radius 2 is 2.19 bits per heavy atom. The lowest BCUT2D eigenvalue weighted by Crippen LogP contribution is -2.24. The van der Waals surface area contributed by atoms with Gasteiger partial charge in [-0.15, -0.1) is 0 Å². The molecule has 5 heteroatoms. The van der Waals surface area contributed by atoms with Crippen LogP contribution in [-0.2, 0) is 13.5 Å².